The van der Waals surface area contributed by atoms with Crippen LogP contribution in [0.5, 0.6) is 0 Å². The van der Waals surface area contributed by atoms with E-state index in [1.54, 1.807) is 0 Å². The van der Waals surface area contributed by atoms with Crippen LogP contribution in [0.1, 0.15) is 52.4 Å². The molecule has 0 atom stereocenters. The van der Waals surface area contributed by atoms with E-state index < -0.39 is 17.4 Å². The Hall–Kier alpha value is -1.06. The van der Waals surface area contributed by atoms with E-state index in [-0.39, 0.29) is 5.41 Å². The van der Waals surface area contributed by atoms with Gasteiger partial charge in [0.1, 0.15) is 0 Å². The summed E-state index contributed by atoms with van der Waals surface area (Å²) in [5, 5.41) is 11.6. The molecular formula is C15H23NO3. The van der Waals surface area contributed by atoms with Gasteiger partial charge in [-0.15, -0.1) is 0 Å². The quantitative estimate of drug-likeness (QED) is 0.752. The Kier molecular flexibility index (Phi) is 2.70. The largest absolute Gasteiger partial charge is 0.474 e. The van der Waals surface area contributed by atoms with E-state index in [2.05, 4.69) is 5.32 Å². The van der Waals surface area contributed by atoms with Gasteiger partial charge in [0.2, 0.25) is 0 Å². The molecule has 0 radical (unpaired) electrons. The summed E-state index contributed by atoms with van der Waals surface area (Å²) < 4.78 is 0. The Morgan fingerprint density at radius 2 is 1.47 bits per heavy atom. The highest BCUT2D eigenvalue weighted by Gasteiger charge is 2.57. The van der Waals surface area contributed by atoms with Crippen molar-refractivity contribution in [1.29, 1.82) is 0 Å². The fourth-order valence-corrected chi connectivity index (χ4v) is 5.35. The molecule has 4 aliphatic carbocycles. The highest BCUT2D eigenvalue weighted by Crippen LogP contribution is 2.63. The van der Waals surface area contributed by atoms with Crippen molar-refractivity contribution >= 4 is 11.9 Å². The van der Waals surface area contributed by atoms with Gasteiger partial charge in [-0.05, 0) is 75.5 Å². The van der Waals surface area contributed by atoms with Crippen LogP contribution >= 0.6 is 0 Å². The first kappa shape index (κ1) is 12.9. The van der Waals surface area contributed by atoms with Crippen molar-refractivity contribution in [2.24, 2.45) is 23.2 Å². The van der Waals surface area contributed by atoms with Gasteiger partial charge in [-0.3, -0.25) is 4.79 Å². The molecule has 0 aliphatic heterocycles. The average molecular weight is 265 g/mol. The summed E-state index contributed by atoms with van der Waals surface area (Å²) in [6, 6.07) is 0. The highest BCUT2D eigenvalue weighted by molar-refractivity contribution is 6.31. The summed E-state index contributed by atoms with van der Waals surface area (Å²) in [5.41, 5.74) is -0.300. The SMILES string of the molecule is CC(C)(NC(=O)C(=O)O)C12CC3CC(CC(C3)C1)C2. The summed E-state index contributed by atoms with van der Waals surface area (Å²) in [7, 11) is 0. The first-order valence-electron chi connectivity index (χ1n) is 7.37. The van der Waals surface area contributed by atoms with Crippen molar-refractivity contribution in [2.45, 2.75) is 57.9 Å². The minimum absolute atomic E-state index is 0.118. The van der Waals surface area contributed by atoms with Crippen molar-refractivity contribution in [3.63, 3.8) is 0 Å². The molecule has 4 nitrogen and oxygen atoms in total. The van der Waals surface area contributed by atoms with Crippen LogP contribution in [0.15, 0.2) is 0 Å². The first-order chi connectivity index (χ1) is 8.81. The van der Waals surface area contributed by atoms with Crippen LogP contribution in [0.2, 0.25) is 0 Å². The molecule has 2 N–H and O–H groups in total. The maximum Gasteiger partial charge on any atom is 0.394 e. The van der Waals surface area contributed by atoms with Crippen molar-refractivity contribution in [1.82, 2.24) is 5.32 Å². The van der Waals surface area contributed by atoms with Gasteiger partial charge in [-0.2, -0.15) is 0 Å². The van der Waals surface area contributed by atoms with Gasteiger partial charge < -0.3 is 10.4 Å². The van der Waals surface area contributed by atoms with E-state index in [4.69, 9.17) is 5.11 Å². The van der Waals surface area contributed by atoms with E-state index in [1.807, 2.05) is 13.8 Å². The zero-order valence-corrected chi connectivity index (χ0v) is 11.7. The number of aliphatic carboxylic acids is 1. The van der Waals surface area contributed by atoms with Crippen LogP contribution in [-0.4, -0.2) is 22.5 Å². The van der Waals surface area contributed by atoms with Crippen molar-refractivity contribution in [3.8, 4) is 0 Å². The number of carboxylic acids is 1. The van der Waals surface area contributed by atoms with Gasteiger partial charge in [-0.1, -0.05) is 0 Å². The zero-order chi connectivity index (χ0) is 13.8. The van der Waals surface area contributed by atoms with E-state index >= 15 is 0 Å². The van der Waals surface area contributed by atoms with Crippen LogP contribution < -0.4 is 5.32 Å². The number of nitrogens with one attached hydrogen (secondary N) is 1. The molecule has 0 saturated heterocycles. The lowest BCUT2D eigenvalue weighted by Gasteiger charge is -2.62. The first-order valence-corrected chi connectivity index (χ1v) is 7.37. The minimum atomic E-state index is -1.38. The zero-order valence-electron chi connectivity index (χ0n) is 11.7. The molecule has 19 heavy (non-hydrogen) atoms. The molecule has 0 aromatic rings. The van der Waals surface area contributed by atoms with E-state index in [9.17, 15) is 9.59 Å². The third kappa shape index (κ3) is 1.96. The molecular weight excluding hydrogens is 242 g/mol. The van der Waals surface area contributed by atoms with Gasteiger partial charge in [0.05, 0.1) is 0 Å². The summed E-state index contributed by atoms with van der Waals surface area (Å²) in [6.07, 6.45) is 7.52. The van der Waals surface area contributed by atoms with Crippen LogP contribution in [0.4, 0.5) is 0 Å². The van der Waals surface area contributed by atoms with Gasteiger partial charge in [-0.25, -0.2) is 4.79 Å². The van der Waals surface area contributed by atoms with Gasteiger partial charge in [0, 0.05) is 5.54 Å². The molecule has 1 amide bonds. The summed E-state index contributed by atoms with van der Waals surface area (Å²) in [5.74, 6) is 0.158. The van der Waals surface area contributed by atoms with Crippen LogP contribution in [0.25, 0.3) is 0 Å². The smallest absolute Gasteiger partial charge is 0.394 e. The van der Waals surface area contributed by atoms with Crippen LogP contribution in [0.3, 0.4) is 0 Å². The number of hydrogen-bond donors (Lipinski definition) is 2. The minimum Gasteiger partial charge on any atom is -0.474 e. The van der Waals surface area contributed by atoms with Crippen molar-refractivity contribution < 1.29 is 14.7 Å². The van der Waals surface area contributed by atoms with E-state index in [1.165, 1.54) is 19.3 Å². The number of amides is 1. The molecule has 4 saturated carbocycles. The summed E-state index contributed by atoms with van der Waals surface area (Å²) >= 11 is 0. The monoisotopic (exact) mass is 265 g/mol. The number of carbonyl (C=O) groups is 2. The molecule has 0 unspecified atom stereocenters. The van der Waals surface area contributed by atoms with Gasteiger partial charge in [0.25, 0.3) is 0 Å². The molecule has 4 fully saturated rings. The third-order valence-electron chi connectivity index (χ3n) is 5.98. The Morgan fingerprint density at radius 3 is 1.84 bits per heavy atom. The molecule has 0 aromatic heterocycles. The molecule has 4 rings (SSSR count). The maximum absolute atomic E-state index is 11.5. The lowest BCUT2D eigenvalue weighted by Crippen LogP contribution is -2.63. The fourth-order valence-electron chi connectivity index (χ4n) is 5.35. The van der Waals surface area contributed by atoms with E-state index in [0.717, 1.165) is 37.0 Å². The molecule has 0 heterocycles. The molecule has 4 aliphatic rings. The lowest BCUT2D eigenvalue weighted by molar-refractivity contribution is -0.154. The molecule has 0 aromatic carbocycles. The number of rotatable bonds is 2. The van der Waals surface area contributed by atoms with Gasteiger partial charge >= 0.3 is 11.9 Å². The Bertz CT molecular complexity index is 392. The second-order valence-corrected chi connectivity index (χ2v) is 7.58. The predicted molar refractivity (Wildman–Crippen MR) is 70.5 cm³/mol. The normalized spacial score (nSPS) is 40.2. The van der Waals surface area contributed by atoms with Crippen molar-refractivity contribution in [3.05, 3.63) is 0 Å². The number of hydrogen-bond acceptors (Lipinski definition) is 2. The van der Waals surface area contributed by atoms with E-state index in [0.29, 0.717) is 0 Å². The summed E-state index contributed by atoms with van der Waals surface area (Å²) in [6.45, 7) is 4.03. The molecule has 4 bridgehead atoms. The lowest BCUT2D eigenvalue weighted by atomic mass is 9.45. The number of carbonyl (C=O) groups excluding carboxylic acids is 1. The van der Waals surface area contributed by atoms with Crippen LogP contribution in [-0.2, 0) is 9.59 Å². The second kappa shape index (κ2) is 3.97. The Balaban J connectivity index is 1.83. The van der Waals surface area contributed by atoms with Gasteiger partial charge in [0.15, 0.2) is 0 Å². The maximum atomic E-state index is 11.5. The van der Waals surface area contributed by atoms with Crippen molar-refractivity contribution in [2.75, 3.05) is 0 Å². The Labute approximate surface area is 113 Å². The second-order valence-electron chi connectivity index (χ2n) is 7.58. The average Bonchev–Trinajstić information content (AvgIpc) is 2.25. The third-order valence-corrected chi connectivity index (χ3v) is 5.98. The highest BCUT2D eigenvalue weighted by atomic mass is 16.4. The standard InChI is InChI=1S/C15H23NO3/c1-14(2,16-12(17)13(18)19)15-6-9-3-10(7-15)5-11(4-9)8-15/h9-11H,3-8H2,1-2H3,(H,16,17)(H,18,19). The molecule has 0 spiro atoms. The molecule has 106 valence electrons. The number of carboxylic acid groups (broad SMARTS) is 1. The summed E-state index contributed by atoms with van der Waals surface area (Å²) in [4.78, 5) is 22.3. The topological polar surface area (TPSA) is 66.4 Å². The molecule has 4 heteroatoms. The Morgan fingerprint density at radius 1 is 1.05 bits per heavy atom. The van der Waals surface area contributed by atoms with Crippen LogP contribution in [0, 0.1) is 23.2 Å². The predicted octanol–water partition coefficient (Wildman–Crippen LogP) is 2.18. The fraction of sp³-hybridized carbons (Fsp3) is 0.867.